The molecule has 4 aromatic carbocycles. The number of nitrogens with zero attached hydrogens (tertiary/aromatic N) is 2. The first-order valence-electron chi connectivity index (χ1n) is 14.9. The zero-order valence-corrected chi connectivity index (χ0v) is 28.9. The highest BCUT2D eigenvalue weighted by atomic mass is 79.9. The lowest BCUT2D eigenvalue weighted by Gasteiger charge is -2.34. The summed E-state index contributed by atoms with van der Waals surface area (Å²) < 4.78 is 35.8. The molecule has 2 amide bonds. The van der Waals surface area contributed by atoms with Crippen molar-refractivity contribution >= 4 is 55.1 Å². The summed E-state index contributed by atoms with van der Waals surface area (Å²) in [5, 5.41) is 3.26. The summed E-state index contributed by atoms with van der Waals surface area (Å²) in [6, 6.07) is 28.4. The maximum Gasteiger partial charge on any atom is 0.264 e. The average Bonchev–Trinajstić information content (AvgIpc) is 3.06. The van der Waals surface area contributed by atoms with E-state index in [1.165, 1.54) is 30.2 Å². The van der Waals surface area contributed by atoms with Crippen molar-refractivity contribution in [3.8, 4) is 5.75 Å². The van der Waals surface area contributed by atoms with Crippen LogP contribution in [0, 0.1) is 0 Å². The van der Waals surface area contributed by atoms with Gasteiger partial charge < -0.3 is 15.0 Å². The highest BCUT2D eigenvalue weighted by Gasteiger charge is 2.35. The monoisotopic (exact) mass is 725 g/mol. The fourth-order valence-corrected chi connectivity index (χ4v) is 7.03. The molecule has 0 aliphatic rings. The fourth-order valence-electron chi connectivity index (χ4n) is 4.98. The standard InChI is InChI=1S/C35H37BrClN3O5S/c1-3-4-20-38-35(42)32(22-26-12-7-5-8-13-26)39(24-27-14-11-15-28(36)21-27)34(41)25-40(31-23-29(37)18-19-33(31)45-2)46(43,44)30-16-9-6-10-17-30/h5-19,21,23,32H,3-4,20,22,24-25H2,1-2H3,(H,38,42)/t32-/m0/s1. The Morgan fingerprint density at radius 3 is 2.24 bits per heavy atom. The van der Waals surface area contributed by atoms with Crippen LogP contribution in [-0.4, -0.2) is 51.4 Å². The van der Waals surface area contributed by atoms with Crippen molar-refractivity contribution in [1.29, 1.82) is 0 Å². The number of unbranched alkanes of at least 4 members (excludes halogenated alkanes) is 1. The van der Waals surface area contributed by atoms with E-state index in [1.54, 1.807) is 30.3 Å². The number of nitrogens with one attached hydrogen (secondary N) is 1. The highest BCUT2D eigenvalue weighted by Crippen LogP contribution is 2.35. The van der Waals surface area contributed by atoms with Crippen molar-refractivity contribution in [2.45, 2.75) is 43.7 Å². The van der Waals surface area contributed by atoms with Crippen LogP contribution in [0.2, 0.25) is 5.02 Å². The SMILES string of the molecule is CCCCNC(=O)[C@H](Cc1ccccc1)N(Cc1cccc(Br)c1)C(=O)CN(c1cc(Cl)ccc1OC)S(=O)(=O)c1ccccc1. The second-order valence-corrected chi connectivity index (χ2v) is 13.9. The topological polar surface area (TPSA) is 96.0 Å². The van der Waals surface area contributed by atoms with E-state index >= 15 is 0 Å². The van der Waals surface area contributed by atoms with E-state index in [0.717, 1.165) is 32.7 Å². The van der Waals surface area contributed by atoms with Crippen LogP contribution >= 0.6 is 27.5 Å². The number of hydrogen-bond acceptors (Lipinski definition) is 5. The first kappa shape index (κ1) is 35.0. The van der Waals surface area contributed by atoms with Crippen LogP contribution in [0.3, 0.4) is 0 Å². The quantitative estimate of drug-likeness (QED) is 0.135. The number of rotatable bonds is 15. The summed E-state index contributed by atoms with van der Waals surface area (Å²) >= 11 is 9.85. The van der Waals surface area contributed by atoms with Crippen molar-refractivity contribution in [2.75, 3.05) is 24.5 Å². The maximum absolute atomic E-state index is 14.6. The summed E-state index contributed by atoms with van der Waals surface area (Å²) in [5.41, 5.74) is 1.72. The molecule has 0 unspecified atom stereocenters. The molecule has 4 aromatic rings. The number of ether oxygens (including phenoxy) is 1. The van der Waals surface area contributed by atoms with Crippen molar-refractivity contribution in [3.05, 3.63) is 124 Å². The van der Waals surface area contributed by atoms with E-state index < -0.39 is 28.5 Å². The number of methoxy groups -OCH3 is 1. The lowest BCUT2D eigenvalue weighted by molar-refractivity contribution is -0.140. The molecule has 0 saturated carbocycles. The van der Waals surface area contributed by atoms with Crippen LogP contribution in [0.1, 0.15) is 30.9 Å². The van der Waals surface area contributed by atoms with Crippen LogP contribution in [0.15, 0.2) is 112 Å². The molecule has 0 heterocycles. The predicted molar refractivity (Wildman–Crippen MR) is 186 cm³/mol. The van der Waals surface area contributed by atoms with E-state index in [-0.39, 0.29) is 40.2 Å². The van der Waals surface area contributed by atoms with E-state index in [4.69, 9.17) is 16.3 Å². The van der Waals surface area contributed by atoms with Crippen LogP contribution < -0.4 is 14.4 Å². The largest absolute Gasteiger partial charge is 0.495 e. The van der Waals surface area contributed by atoms with Gasteiger partial charge in [-0.05, 0) is 60.0 Å². The van der Waals surface area contributed by atoms with Gasteiger partial charge in [-0.25, -0.2) is 8.42 Å². The third kappa shape index (κ3) is 9.11. The summed E-state index contributed by atoms with van der Waals surface area (Å²) in [5.74, 6) is -0.681. The smallest absolute Gasteiger partial charge is 0.264 e. The molecule has 0 aromatic heterocycles. The number of sulfonamides is 1. The van der Waals surface area contributed by atoms with Crippen molar-refractivity contribution in [2.24, 2.45) is 0 Å². The third-order valence-electron chi connectivity index (χ3n) is 7.36. The Hall–Kier alpha value is -3.86. The summed E-state index contributed by atoms with van der Waals surface area (Å²) in [7, 11) is -2.88. The van der Waals surface area contributed by atoms with Gasteiger partial charge in [-0.2, -0.15) is 0 Å². The normalized spacial score (nSPS) is 11.8. The molecule has 46 heavy (non-hydrogen) atoms. The molecule has 0 spiro atoms. The number of halogens is 2. The second-order valence-electron chi connectivity index (χ2n) is 10.6. The predicted octanol–water partition coefficient (Wildman–Crippen LogP) is 6.86. The molecule has 8 nitrogen and oxygen atoms in total. The summed E-state index contributed by atoms with van der Waals surface area (Å²) in [6.45, 7) is 1.93. The van der Waals surface area contributed by atoms with Crippen LogP contribution in [0.25, 0.3) is 0 Å². The number of hydrogen-bond donors (Lipinski definition) is 1. The van der Waals surface area contributed by atoms with Gasteiger partial charge in [0.2, 0.25) is 11.8 Å². The van der Waals surface area contributed by atoms with Crippen LogP contribution in [-0.2, 0) is 32.6 Å². The van der Waals surface area contributed by atoms with Crippen molar-refractivity contribution in [3.63, 3.8) is 0 Å². The second kappa shape index (κ2) is 16.6. The minimum Gasteiger partial charge on any atom is -0.495 e. The van der Waals surface area contributed by atoms with Crippen LogP contribution in [0.4, 0.5) is 5.69 Å². The number of carbonyl (C=O) groups excluding carboxylic acids is 2. The molecule has 4 rings (SSSR count). The van der Waals surface area contributed by atoms with Gasteiger partial charge in [0.25, 0.3) is 10.0 Å². The Morgan fingerprint density at radius 2 is 1.59 bits per heavy atom. The van der Waals surface area contributed by atoms with Gasteiger partial charge in [-0.1, -0.05) is 102 Å². The minimum atomic E-state index is -4.29. The molecule has 0 aliphatic carbocycles. The van der Waals surface area contributed by atoms with E-state index in [9.17, 15) is 18.0 Å². The molecular weight excluding hydrogens is 690 g/mol. The number of carbonyl (C=O) groups is 2. The summed E-state index contributed by atoms with van der Waals surface area (Å²) in [4.78, 5) is 29.9. The summed E-state index contributed by atoms with van der Waals surface area (Å²) in [6.07, 6.45) is 1.89. The molecule has 242 valence electrons. The fraction of sp³-hybridized carbons (Fsp3) is 0.257. The Labute approximate surface area is 284 Å². The number of benzene rings is 4. The van der Waals surface area contributed by atoms with E-state index in [1.807, 2.05) is 61.5 Å². The van der Waals surface area contributed by atoms with Gasteiger partial charge in [0.05, 0.1) is 17.7 Å². The number of amides is 2. The number of anilines is 1. The Bertz CT molecular complexity index is 1720. The van der Waals surface area contributed by atoms with Gasteiger partial charge in [-0.15, -0.1) is 0 Å². The van der Waals surface area contributed by atoms with Crippen LogP contribution in [0.5, 0.6) is 5.75 Å². The first-order valence-corrected chi connectivity index (χ1v) is 17.5. The highest BCUT2D eigenvalue weighted by molar-refractivity contribution is 9.10. The average molecular weight is 727 g/mol. The molecule has 0 fully saturated rings. The molecule has 1 atom stereocenters. The Balaban J connectivity index is 1.83. The van der Waals surface area contributed by atoms with Gasteiger partial charge in [-0.3, -0.25) is 13.9 Å². The molecule has 11 heteroatoms. The van der Waals surface area contributed by atoms with Gasteiger partial charge >= 0.3 is 0 Å². The van der Waals surface area contributed by atoms with Gasteiger partial charge in [0.1, 0.15) is 18.3 Å². The molecular formula is C35H37BrClN3O5S. The lowest BCUT2D eigenvalue weighted by atomic mass is 10.0. The Morgan fingerprint density at radius 1 is 0.913 bits per heavy atom. The molecule has 0 radical (unpaired) electrons. The van der Waals surface area contributed by atoms with Crippen molar-refractivity contribution < 1.29 is 22.7 Å². The zero-order valence-electron chi connectivity index (χ0n) is 25.7. The first-order chi connectivity index (χ1) is 22.1. The Kier molecular flexibility index (Phi) is 12.7. The van der Waals surface area contributed by atoms with Gasteiger partial charge in [0.15, 0.2) is 0 Å². The van der Waals surface area contributed by atoms with Crippen molar-refractivity contribution in [1.82, 2.24) is 10.2 Å². The third-order valence-corrected chi connectivity index (χ3v) is 9.86. The molecule has 1 N–H and O–H groups in total. The van der Waals surface area contributed by atoms with E-state index in [2.05, 4.69) is 21.2 Å². The molecule has 0 bridgehead atoms. The van der Waals surface area contributed by atoms with E-state index in [0.29, 0.717) is 6.54 Å². The maximum atomic E-state index is 14.6. The molecule has 0 saturated heterocycles. The molecule has 0 aliphatic heterocycles. The minimum absolute atomic E-state index is 0.0125. The van der Waals surface area contributed by atoms with Gasteiger partial charge in [0, 0.05) is 29.0 Å². The zero-order chi connectivity index (χ0) is 33.1. The lowest BCUT2D eigenvalue weighted by Crippen LogP contribution is -2.53.